The van der Waals surface area contributed by atoms with E-state index < -0.39 is 0 Å². The Labute approximate surface area is 130 Å². The Morgan fingerprint density at radius 1 is 1.27 bits per heavy atom. The van der Waals surface area contributed by atoms with Crippen molar-refractivity contribution >= 4 is 5.91 Å². The van der Waals surface area contributed by atoms with Gasteiger partial charge >= 0.3 is 0 Å². The van der Waals surface area contributed by atoms with Gasteiger partial charge < -0.3 is 19.6 Å². The number of aliphatic hydroxyl groups is 1. The molecule has 1 aliphatic heterocycles. The van der Waals surface area contributed by atoms with Crippen LogP contribution in [0.2, 0.25) is 0 Å². The van der Waals surface area contributed by atoms with Gasteiger partial charge in [0.2, 0.25) is 0 Å². The molecule has 1 amide bonds. The van der Waals surface area contributed by atoms with E-state index >= 15 is 0 Å². The molecule has 22 heavy (non-hydrogen) atoms. The van der Waals surface area contributed by atoms with E-state index in [1.165, 1.54) is 12.0 Å². The highest BCUT2D eigenvalue weighted by molar-refractivity contribution is 5.93. The number of fused-ring (bicyclic) bond motifs is 1. The third-order valence-corrected chi connectivity index (χ3v) is 5.86. The van der Waals surface area contributed by atoms with Crippen LogP contribution < -0.4 is 5.32 Å². The highest BCUT2D eigenvalue weighted by Crippen LogP contribution is 2.49. The lowest BCUT2D eigenvalue weighted by Crippen LogP contribution is -2.65. The fourth-order valence-electron chi connectivity index (χ4n) is 4.33. The number of carbonyl (C=O) groups is 1. The maximum Gasteiger partial charge on any atom is 0.287 e. The van der Waals surface area contributed by atoms with Crippen molar-refractivity contribution < 1.29 is 19.1 Å². The monoisotopic (exact) mass is 305 g/mol. The van der Waals surface area contributed by atoms with Crippen LogP contribution in [-0.4, -0.2) is 36.4 Å². The predicted octanol–water partition coefficient (Wildman–Crippen LogP) is 1.82. The highest BCUT2D eigenvalue weighted by atomic mass is 16.5. The number of carbonyl (C=O) groups excluding carboxylic acids is 1. The minimum atomic E-state index is -0.327. The number of aliphatic hydroxyl groups excluding tert-OH is 1. The number of furan rings is 1. The second-order valence-corrected chi connectivity index (χ2v) is 6.90. The van der Waals surface area contributed by atoms with Gasteiger partial charge in [0.15, 0.2) is 5.76 Å². The number of hydrogen-bond acceptors (Lipinski definition) is 4. The third-order valence-electron chi connectivity index (χ3n) is 5.86. The molecule has 2 aliphatic carbocycles. The van der Waals surface area contributed by atoms with Crippen LogP contribution >= 0.6 is 0 Å². The van der Waals surface area contributed by atoms with E-state index in [1.54, 1.807) is 6.26 Å². The molecular weight excluding hydrogens is 282 g/mol. The quantitative estimate of drug-likeness (QED) is 0.874. The van der Waals surface area contributed by atoms with Gasteiger partial charge in [0, 0.05) is 30.2 Å². The fraction of sp³-hybridized carbons (Fsp3) is 0.706. The zero-order valence-corrected chi connectivity index (χ0v) is 12.8. The van der Waals surface area contributed by atoms with Gasteiger partial charge in [-0.1, -0.05) is 0 Å². The molecule has 0 bridgehead atoms. The van der Waals surface area contributed by atoms with Gasteiger partial charge in [-0.15, -0.1) is 0 Å². The van der Waals surface area contributed by atoms with Crippen LogP contribution in [0.25, 0.3) is 0 Å². The standard InChI is InChI=1S/C17H23NO4/c19-14-9-13(17(14)5-7-21-8-6-17)18-16(20)15-12-4-2-1-3-11(12)10-22-15/h10,13-14,19H,1-9H2,(H,18,20)/t13-,14-/m1/s1. The zero-order valence-electron chi connectivity index (χ0n) is 12.8. The molecule has 0 unspecified atom stereocenters. The maximum atomic E-state index is 12.6. The van der Waals surface area contributed by atoms with Crippen LogP contribution in [-0.2, 0) is 17.6 Å². The maximum absolute atomic E-state index is 12.6. The number of ether oxygens (including phenoxy) is 1. The largest absolute Gasteiger partial charge is 0.459 e. The van der Waals surface area contributed by atoms with Gasteiger partial charge in [-0.3, -0.25) is 4.79 Å². The lowest BCUT2D eigenvalue weighted by atomic mass is 9.58. The minimum absolute atomic E-state index is 0.0308. The lowest BCUT2D eigenvalue weighted by molar-refractivity contribution is -0.145. The van der Waals surface area contributed by atoms with Gasteiger partial charge in [0.25, 0.3) is 5.91 Å². The van der Waals surface area contributed by atoms with Crippen molar-refractivity contribution in [2.75, 3.05) is 13.2 Å². The molecule has 5 heteroatoms. The second-order valence-electron chi connectivity index (χ2n) is 6.90. The Balaban J connectivity index is 1.49. The molecule has 1 saturated heterocycles. The van der Waals surface area contributed by atoms with Crippen molar-refractivity contribution in [2.45, 2.75) is 57.1 Å². The summed E-state index contributed by atoms with van der Waals surface area (Å²) in [5, 5.41) is 13.3. The molecule has 3 aliphatic rings. The summed E-state index contributed by atoms with van der Waals surface area (Å²) in [5.74, 6) is 0.365. The molecule has 1 saturated carbocycles. The van der Waals surface area contributed by atoms with E-state index in [4.69, 9.17) is 9.15 Å². The van der Waals surface area contributed by atoms with Crippen molar-refractivity contribution in [3.63, 3.8) is 0 Å². The molecule has 1 aromatic rings. The first-order valence-electron chi connectivity index (χ1n) is 8.36. The summed E-state index contributed by atoms with van der Waals surface area (Å²) < 4.78 is 11.0. The van der Waals surface area contributed by atoms with E-state index in [2.05, 4.69) is 5.32 Å². The average molecular weight is 305 g/mol. The van der Waals surface area contributed by atoms with E-state index in [9.17, 15) is 9.90 Å². The summed E-state index contributed by atoms with van der Waals surface area (Å²) in [6.07, 6.45) is 7.91. The predicted molar refractivity (Wildman–Crippen MR) is 79.7 cm³/mol. The van der Waals surface area contributed by atoms with E-state index in [1.807, 2.05) is 0 Å². The van der Waals surface area contributed by atoms with E-state index in [-0.39, 0.29) is 23.5 Å². The Morgan fingerprint density at radius 3 is 2.82 bits per heavy atom. The lowest BCUT2D eigenvalue weighted by Gasteiger charge is -2.55. The van der Waals surface area contributed by atoms with Crippen molar-refractivity contribution in [1.82, 2.24) is 5.32 Å². The number of rotatable bonds is 2. The van der Waals surface area contributed by atoms with E-state index in [0.717, 1.165) is 37.7 Å². The Bertz CT molecular complexity index is 573. The average Bonchev–Trinajstić information content (AvgIpc) is 2.99. The zero-order chi connectivity index (χ0) is 15.2. The van der Waals surface area contributed by atoms with E-state index in [0.29, 0.717) is 25.4 Å². The number of aryl methyl sites for hydroxylation is 1. The van der Waals surface area contributed by atoms with Crippen molar-refractivity contribution in [3.05, 3.63) is 23.2 Å². The molecule has 1 aromatic heterocycles. The molecule has 4 rings (SSSR count). The fourth-order valence-corrected chi connectivity index (χ4v) is 4.33. The number of hydrogen-bond donors (Lipinski definition) is 2. The normalized spacial score (nSPS) is 29.7. The SMILES string of the molecule is O=C(N[C@@H]1C[C@@H](O)C12CCOCC2)c1occ2c1CCCC2. The first-order valence-corrected chi connectivity index (χ1v) is 8.36. The summed E-state index contributed by atoms with van der Waals surface area (Å²) in [6, 6.07) is 0.0308. The van der Waals surface area contributed by atoms with Gasteiger partial charge in [0.1, 0.15) is 0 Å². The molecule has 0 aromatic carbocycles. The Hall–Kier alpha value is -1.33. The van der Waals surface area contributed by atoms with Gasteiger partial charge in [-0.2, -0.15) is 0 Å². The molecule has 1 spiro atoms. The van der Waals surface area contributed by atoms with Crippen LogP contribution in [0.4, 0.5) is 0 Å². The summed E-state index contributed by atoms with van der Waals surface area (Å²) >= 11 is 0. The van der Waals surface area contributed by atoms with Crippen molar-refractivity contribution in [2.24, 2.45) is 5.41 Å². The van der Waals surface area contributed by atoms with Crippen LogP contribution in [0.15, 0.2) is 10.7 Å². The third kappa shape index (κ3) is 2.10. The molecule has 2 fully saturated rings. The van der Waals surface area contributed by atoms with Gasteiger partial charge in [-0.05, 0) is 50.5 Å². The Kier molecular flexibility index (Phi) is 3.50. The highest BCUT2D eigenvalue weighted by Gasteiger charge is 2.55. The number of amides is 1. The number of nitrogens with one attached hydrogen (secondary N) is 1. The molecular formula is C17H23NO4. The summed E-state index contributed by atoms with van der Waals surface area (Å²) in [6.45, 7) is 1.33. The molecule has 0 radical (unpaired) electrons. The summed E-state index contributed by atoms with van der Waals surface area (Å²) in [7, 11) is 0. The summed E-state index contributed by atoms with van der Waals surface area (Å²) in [5.41, 5.74) is 2.08. The van der Waals surface area contributed by atoms with Crippen molar-refractivity contribution in [1.29, 1.82) is 0 Å². The van der Waals surface area contributed by atoms with Crippen LogP contribution in [0.3, 0.4) is 0 Å². The van der Waals surface area contributed by atoms with Crippen LogP contribution in [0, 0.1) is 5.41 Å². The van der Waals surface area contributed by atoms with Crippen molar-refractivity contribution in [3.8, 4) is 0 Å². The minimum Gasteiger partial charge on any atom is -0.459 e. The first kappa shape index (κ1) is 14.3. The van der Waals surface area contributed by atoms with Gasteiger partial charge in [-0.25, -0.2) is 0 Å². The van der Waals surface area contributed by atoms with Gasteiger partial charge in [0.05, 0.1) is 12.4 Å². The molecule has 120 valence electrons. The van der Waals surface area contributed by atoms with Crippen LogP contribution in [0.5, 0.6) is 0 Å². The summed E-state index contributed by atoms with van der Waals surface area (Å²) in [4.78, 5) is 12.6. The topological polar surface area (TPSA) is 71.7 Å². The Morgan fingerprint density at radius 2 is 2.05 bits per heavy atom. The molecule has 2 N–H and O–H groups in total. The molecule has 5 nitrogen and oxygen atoms in total. The second kappa shape index (κ2) is 5.39. The smallest absolute Gasteiger partial charge is 0.287 e. The molecule has 2 atom stereocenters. The van der Waals surface area contributed by atoms with Crippen LogP contribution in [0.1, 0.15) is 53.8 Å². The first-order chi connectivity index (χ1) is 10.7. The molecule has 2 heterocycles.